The van der Waals surface area contributed by atoms with Gasteiger partial charge in [-0.1, -0.05) is 18.2 Å². The number of H-pyrrole nitrogens is 1. The van der Waals surface area contributed by atoms with Gasteiger partial charge in [-0.3, -0.25) is 14.4 Å². The van der Waals surface area contributed by atoms with E-state index in [4.69, 9.17) is 4.74 Å². The van der Waals surface area contributed by atoms with Gasteiger partial charge in [-0.25, -0.2) is 19.3 Å². The average Bonchev–Trinajstić information content (AvgIpc) is 3.47. The van der Waals surface area contributed by atoms with E-state index < -0.39 is 29.4 Å². The fourth-order valence-corrected chi connectivity index (χ4v) is 6.64. The maximum atomic E-state index is 13.7. The summed E-state index contributed by atoms with van der Waals surface area (Å²) in [4.78, 5) is 32.8. The van der Waals surface area contributed by atoms with Crippen LogP contribution in [0.2, 0.25) is 0 Å². The summed E-state index contributed by atoms with van der Waals surface area (Å²) in [6.07, 6.45) is -1.72. The van der Waals surface area contributed by atoms with Crippen molar-refractivity contribution in [3.8, 4) is 6.07 Å². The maximum Gasteiger partial charge on any atom is 0.416 e. The monoisotopic (exact) mass is 747 g/mol. The number of allylic oxidation sites excluding steroid dienone is 1. The van der Waals surface area contributed by atoms with Gasteiger partial charge in [-0.05, 0) is 79.1 Å². The molecule has 1 aliphatic rings. The quantitative estimate of drug-likeness (QED) is 0.191. The number of hydrogen-bond acceptors (Lipinski definition) is 7. The lowest BCUT2D eigenvalue weighted by Gasteiger charge is -2.36. The first kappa shape index (κ1) is 36.0. The molecule has 10 nitrogen and oxygen atoms in total. The van der Waals surface area contributed by atoms with Crippen molar-refractivity contribution in [2.45, 2.75) is 32.0 Å². The number of nitriles is 1. The Hall–Kier alpha value is -5.26. The van der Waals surface area contributed by atoms with E-state index in [0.29, 0.717) is 35.0 Å². The standard InChI is InChI=1S/C36H32F3N7O3.BrH/c1-22-31(33(47)49-4)32(45-34(42-43-35(45)48)44(22)26-11-5-10-25(20-26)36(37,38)39)27-16-15-23(21-40)19-24(27)9-8-18-46(2,3)30-14-6-13-29-28(30)12-7-17-41-29;/h5-7,10-17,19-20,32H,8-9,18H2,1-4H3;1H/t32-;/m1./s1. The van der Waals surface area contributed by atoms with E-state index in [2.05, 4.69) is 41.4 Å². The third kappa shape index (κ3) is 6.54. The fraction of sp³-hybridized carbons (Fsp3) is 0.250. The normalized spacial score (nSPS) is 14.6. The molecule has 3 heterocycles. The van der Waals surface area contributed by atoms with Crippen molar-refractivity contribution in [3.05, 3.63) is 123 Å². The van der Waals surface area contributed by atoms with Crippen LogP contribution in [0.15, 0.2) is 95.1 Å². The van der Waals surface area contributed by atoms with E-state index in [1.165, 1.54) is 28.7 Å². The minimum absolute atomic E-state index is 0. The van der Waals surface area contributed by atoms with Crippen LogP contribution in [-0.4, -0.2) is 53.5 Å². The highest BCUT2D eigenvalue weighted by molar-refractivity contribution is 5.94. The zero-order valence-corrected chi connectivity index (χ0v) is 29.2. The third-order valence-electron chi connectivity index (χ3n) is 8.98. The second kappa shape index (κ2) is 13.9. The number of carbonyl (C=O) groups is 1. The van der Waals surface area contributed by atoms with Crippen LogP contribution >= 0.6 is 0 Å². The predicted octanol–water partition coefficient (Wildman–Crippen LogP) is 3.40. The van der Waals surface area contributed by atoms with Gasteiger partial charge in [-0.2, -0.15) is 18.4 Å². The Morgan fingerprint density at radius 3 is 2.56 bits per heavy atom. The number of quaternary nitrogens is 1. The highest BCUT2D eigenvalue weighted by Crippen LogP contribution is 2.44. The molecular formula is C36H33BrF3N7O3. The van der Waals surface area contributed by atoms with Gasteiger partial charge in [0.1, 0.15) is 11.7 Å². The number of anilines is 2. The number of aryl methyl sites for hydroxylation is 1. The second-order valence-corrected chi connectivity index (χ2v) is 12.4. The van der Waals surface area contributed by atoms with Gasteiger partial charge in [0.05, 0.1) is 61.4 Å². The molecule has 0 saturated carbocycles. The molecule has 0 spiro atoms. The average molecular weight is 749 g/mol. The van der Waals surface area contributed by atoms with E-state index >= 15 is 0 Å². The number of esters is 1. The van der Waals surface area contributed by atoms with Gasteiger partial charge in [-0.15, -0.1) is 5.10 Å². The van der Waals surface area contributed by atoms with E-state index in [9.17, 15) is 28.0 Å². The number of benzene rings is 3. The van der Waals surface area contributed by atoms with Gasteiger partial charge in [0.2, 0.25) is 5.95 Å². The fourth-order valence-electron chi connectivity index (χ4n) is 6.64. The van der Waals surface area contributed by atoms with Crippen LogP contribution in [0.4, 0.5) is 30.5 Å². The Morgan fingerprint density at radius 2 is 1.84 bits per heavy atom. The van der Waals surface area contributed by atoms with Crippen LogP contribution in [0.5, 0.6) is 0 Å². The molecule has 0 radical (unpaired) electrons. The van der Waals surface area contributed by atoms with Crippen molar-refractivity contribution in [2.75, 3.05) is 32.6 Å². The molecule has 0 amide bonds. The molecule has 5 aromatic rings. The Kier molecular flexibility index (Phi) is 10.0. The number of carbonyl (C=O) groups excluding carboxylic acids is 1. The third-order valence-corrected chi connectivity index (χ3v) is 8.98. The van der Waals surface area contributed by atoms with E-state index in [1.54, 1.807) is 31.3 Å². The van der Waals surface area contributed by atoms with Crippen LogP contribution in [-0.2, 0) is 22.1 Å². The molecule has 50 heavy (non-hydrogen) atoms. The zero-order valence-electron chi connectivity index (χ0n) is 27.6. The lowest BCUT2D eigenvalue weighted by atomic mass is 9.88. The number of hydrogen-bond donors (Lipinski definition) is 1. The molecule has 1 aliphatic heterocycles. The summed E-state index contributed by atoms with van der Waals surface area (Å²) in [5.41, 5.74) is 2.43. The number of aromatic amines is 1. The molecule has 1 N–H and O–H groups in total. The number of alkyl halides is 3. The Labute approximate surface area is 296 Å². The molecule has 1 atom stereocenters. The predicted molar refractivity (Wildman–Crippen MR) is 179 cm³/mol. The number of nitrogens with one attached hydrogen (secondary N) is 1. The van der Waals surface area contributed by atoms with Crippen LogP contribution in [0, 0.1) is 11.3 Å². The number of fused-ring (bicyclic) bond motifs is 2. The molecule has 0 bridgehead atoms. The minimum atomic E-state index is -4.63. The van der Waals surface area contributed by atoms with Crippen LogP contribution < -0.4 is 32.1 Å². The second-order valence-electron chi connectivity index (χ2n) is 12.4. The summed E-state index contributed by atoms with van der Waals surface area (Å²) in [7, 11) is 5.41. The highest BCUT2D eigenvalue weighted by Gasteiger charge is 2.41. The summed E-state index contributed by atoms with van der Waals surface area (Å²) in [6, 6.07) is 20.7. The number of aromatic nitrogens is 4. The van der Waals surface area contributed by atoms with E-state index in [0.717, 1.165) is 34.3 Å². The smallest absolute Gasteiger partial charge is 0.416 e. The molecule has 6 rings (SSSR count). The summed E-state index contributed by atoms with van der Waals surface area (Å²) >= 11 is 0. The molecule has 0 fully saturated rings. The Morgan fingerprint density at radius 1 is 1.08 bits per heavy atom. The number of rotatable bonds is 8. The molecule has 14 heteroatoms. The first-order valence-electron chi connectivity index (χ1n) is 15.5. The number of halogens is 4. The lowest BCUT2D eigenvalue weighted by molar-refractivity contribution is -0.138. The molecule has 0 unspecified atom stereocenters. The van der Waals surface area contributed by atoms with Gasteiger partial charge < -0.3 is 21.7 Å². The summed E-state index contributed by atoms with van der Waals surface area (Å²) in [6.45, 7) is 2.28. The van der Waals surface area contributed by atoms with Crippen molar-refractivity contribution >= 4 is 34.2 Å². The zero-order chi connectivity index (χ0) is 35.1. The molecule has 2 aromatic heterocycles. The molecule has 0 aliphatic carbocycles. The SMILES string of the molecule is COC(=O)C1=C(C)N(c2cccc(C(F)(F)F)c2)c2n[nH]c(=O)n2[C@@H]1c1ccc(C#N)cc1CCC[N+](C)(C)c1cccc2ncccc12.[Br-]. The largest absolute Gasteiger partial charge is 1.00 e. The number of ether oxygens (including phenoxy) is 1. The van der Waals surface area contributed by atoms with Crippen molar-refractivity contribution in [3.63, 3.8) is 0 Å². The molecule has 0 saturated heterocycles. The molecular weight excluding hydrogens is 715 g/mol. The van der Waals surface area contributed by atoms with Crippen LogP contribution in [0.1, 0.15) is 41.6 Å². The van der Waals surface area contributed by atoms with Gasteiger partial charge in [0.15, 0.2) is 0 Å². The maximum absolute atomic E-state index is 13.7. The van der Waals surface area contributed by atoms with Gasteiger partial charge >= 0.3 is 17.8 Å². The van der Waals surface area contributed by atoms with Crippen LogP contribution in [0.25, 0.3) is 10.9 Å². The number of nitrogens with zero attached hydrogens (tertiary/aromatic N) is 6. The topological polar surface area (TPSA) is 117 Å². The summed E-state index contributed by atoms with van der Waals surface area (Å²) in [5.74, 6) is -0.770. The number of methoxy groups -OCH3 is 1. The number of pyridine rings is 1. The highest BCUT2D eigenvalue weighted by atomic mass is 79.9. The van der Waals surface area contributed by atoms with Crippen molar-refractivity contribution in [1.29, 1.82) is 5.26 Å². The van der Waals surface area contributed by atoms with Gasteiger partial charge in [0.25, 0.3) is 0 Å². The van der Waals surface area contributed by atoms with E-state index in [-0.39, 0.29) is 39.9 Å². The minimum Gasteiger partial charge on any atom is -1.00 e. The van der Waals surface area contributed by atoms with Crippen molar-refractivity contribution in [2.24, 2.45) is 0 Å². The molecule has 3 aromatic carbocycles. The van der Waals surface area contributed by atoms with E-state index in [1.807, 2.05) is 24.3 Å². The summed E-state index contributed by atoms with van der Waals surface area (Å²) in [5, 5.41) is 17.4. The lowest BCUT2D eigenvalue weighted by Crippen LogP contribution is -3.00. The van der Waals surface area contributed by atoms with Crippen LogP contribution in [0.3, 0.4) is 0 Å². The summed E-state index contributed by atoms with van der Waals surface area (Å²) < 4.78 is 48.1. The Balaban J connectivity index is 0.00000486. The first-order valence-corrected chi connectivity index (χ1v) is 15.5. The molecule has 258 valence electrons. The first-order chi connectivity index (χ1) is 23.4. The van der Waals surface area contributed by atoms with Crippen molar-refractivity contribution in [1.82, 2.24) is 24.2 Å². The van der Waals surface area contributed by atoms with Crippen molar-refractivity contribution < 1.29 is 39.7 Å². The van der Waals surface area contributed by atoms with Gasteiger partial charge in [0, 0.05) is 24.0 Å². The Bertz CT molecular complexity index is 2210.